The highest BCUT2D eigenvalue weighted by Gasteiger charge is 2.10. The summed E-state index contributed by atoms with van der Waals surface area (Å²) >= 11 is 8.04. The number of rotatable bonds is 6. The topological polar surface area (TPSA) is 12.0 Å². The zero-order valence-corrected chi connectivity index (χ0v) is 11.8. The number of benzene rings is 1. The van der Waals surface area contributed by atoms with Gasteiger partial charge in [-0.1, -0.05) is 30.7 Å². The zero-order valence-electron chi connectivity index (χ0n) is 10.2. The van der Waals surface area contributed by atoms with Gasteiger partial charge in [0, 0.05) is 11.1 Å². The lowest BCUT2D eigenvalue weighted by molar-refractivity contribution is 0.541. The van der Waals surface area contributed by atoms with Gasteiger partial charge in [0.05, 0.1) is 0 Å². The van der Waals surface area contributed by atoms with Gasteiger partial charge in [-0.2, -0.15) is 11.8 Å². The normalized spacial score (nSPS) is 12.8. The number of hydrogen-bond acceptors (Lipinski definition) is 2. The number of thioether (sulfide) groups is 1. The summed E-state index contributed by atoms with van der Waals surface area (Å²) in [6.07, 6.45) is 3.29. The smallest absolute Gasteiger partial charge is 0.0438 e. The predicted molar refractivity (Wildman–Crippen MR) is 75.6 cm³/mol. The molecule has 1 rings (SSSR count). The van der Waals surface area contributed by atoms with Crippen molar-refractivity contribution >= 4 is 23.4 Å². The lowest BCUT2D eigenvalue weighted by atomic mass is 10.0. The number of halogens is 1. The molecular formula is C13H20ClNS. The fourth-order valence-corrected chi connectivity index (χ4v) is 2.35. The third-order valence-corrected chi connectivity index (χ3v) is 3.71. The quantitative estimate of drug-likeness (QED) is 0.825. The molecule has 90 valence electrons. The molecule has 0 aliphatic rings. The van der Waals surface area contributed by atoms with Gasteiger partial charge < -0.3 is 5.32 Å². The van der Waals surface area contributed by atoms with E-state index in [1.54, 1.807) is 0 Å². The summed E-state index contributed by atoms with van der Waals surface area (Å²) < 4.78 is 0. The summed E-state index contributed by atoms with van der Waals surface area (Å²) in [5, 5.41) is 4.37. The molecule has 0 bridgehead atoms. The first-order valence-electron chi connectivity index (χ1n) is 5.67. The van der Waals surface area contributed by atoms with Gasteiger partial charge >= 0.3 is 0 Å². The highest BCUT2D eigenvalue weighted by molar-refractivity contribution is 7.98. The largest absolute Gasteiger partial charge is 0.310 e. The van der Waals surface area contributed by atoms with Crippen LogP contribution < -0.4 is 5.32 Å². The molecule has 0 aliphatic heterocycles. The molecule has 0 aliphatic carbocycles. The maximum absolute atomic E-state index is 6.16. The first-order valence-corrected chi connectivity index (χ1v) is 7.44. The van der Waals surface area contributed by atoms with Gasteiger partial charge in [-0.05, 0) is 49.1 Å². The molecule has 1 aromatic rings. The molecule has 0 fully saturated rings. The number of hydrogen-bond donors (Lipinski definition) is 1. The molecule has 1 nitrogen and oxygen atoms in total. The van der Waals surface area contributed by atoms with E-state index in [0.717, 1.165) is 23.6 Å². The highest BCUT2D eigenvalue weighted by atomic mass is 35.5. The van der Waals surface area contributed by atoms with Crippen LogP contribution in [0.1, 0.15) is 30.5 Å². The average Bonchev–Trinajstić information content (AvgIpc) is 2.28. The van der Waals surface area contributed by atoms with Crippen LogP contribution in [0.3, 0.4) is 0 Å². The Labute approximate surface area is 108 Å². The van der Waals surface area contributed by atoms with Crippen LogP contribution in [0.2, 0.25) is 5.02 Å². The van der Waals surface area contributed by atoms with Gasteiger partial charge in [0.15, 0.2) is 0 Å². The molecule has 0 aromatic heterocycles. The van der Waals surface area contributed by atoms with E-state index < -0.39 is 0 Å². The van der Waals surface area contributed by atoms with Crippen LogP contribution in [0, 0.1) is 6.92 Å². The molecule has 0 radical (unpaired) electrons. The molecule has 1 N–H and O–H groups in total. The number of aryl methyl sites for hydroxylation is 1. The van der Waals surface area contributed by atoms with Crippen LogP contribution in [0.5, 0.6) is 0 Å². The Kier molecular flexibility index (Phi) is 6.25. The van der Waals surface area contributed by atoms with Crippen LogP contribution in [0.4, 0.5) is 0 Å². The molecule has 16 heavy (non-hydrogen) atoms. The lowest BCUT2D eigenvalue weighted by Gasteiger charge is -2.18. The van der Waals surface area contributed by atoms with Crippen molar-refractivity contribution in [3.8, 4) is 0 Å². The first-order chi connectivity index (χ1) is 7.69. The minimum atomic E-state index is 0.426. The predicted octanol–water partition coefficient (Wildman–Crippen LogP) is 4.05. The molecule has 0 saturated heterocycles. The Morgan fingerprint density at radius 3 is 2.75 bits per heavy atom. The monoisotopic (exact) mass is 257 g/mol. The summed E-state index contributed by atoms with van der Waals surface area (Å²) in [5.74, 6) is 1.17. The van der Waals surface area contributed by atoms with Gasteiger partial charge in [0.2, 0.25) is 0 Å². The maximum Gasteiger partial charge on any atom is 0.0438 e. The average molecular weight is 258 g/mol. The molecule has 1 unspecified atom stereocenters. The molecule has 0 spiro atoms. The van der Waals surface area contributed by atoms with Crippen molar-refractivity contribution in [3.05, 3.63) is 34.3 Å². The zero-order chi connectivity index (χ0) is 12.0. The SMILES string of the molecule is CCNC(CCSC)c1ccc(C)c(Cl)c1. The summed E-state index contributed by atoms with van der Waals surface area (Å²) in [6.45, 7) is 5.17. The Hall–Kier alpha value is -0.180. The van der Waals surface area contributed by atoms with Crippen molar-refractivity contribution in [1.29, 1.82) is 0 Å². The molecule has 1 atom stereocenters. The minimum absolute atomic E-state index is 0.426. The number of nitrogens with one attached hydrogen (secondary N) is 1. The second-order valence-electron chi connectivity index (χ2n) is 3.90. The third kappa shape index (κ3) is 4.00. The van der Waals surface area contributed by atoms with Crippen LogP contribution in [0.15, 0.2) is 18.2 Å². The van der Waals surface area contributed by atoms with E-state index in [4.69, 9.17) is 11.6 Å². The van der Waals surface area contributed by atoms with Crippen LogP contribution in [-0.4, -0.2) is 18.6 Å². The Balaban J connectivity index is 2.78. The summed E-state index contributed by atoms with van der Waals surface area (Å²) in [5.41, 5.74) is 2.44. The first kappa shape index (κ1) is 13.9. The lowest BCUT2D eigenvalue weighted by Crippen LogP contribution is -2.21. The fraction of sp³-hybridized carbons (Fsp3) is 0.538. The van der Waals surface area contributed by atoms with Crippen molar-refractivity contribution < 1.29 is 0 Å². The standard InChI is InChI=1S/C13H20ClNS/c1-4-15-13(7-8-16-3)11-6-5-10(2)12(14)9-11/h5-6,9,13,15H,4,7-8H2,1-3H3. The molecular weight excluding hydrogens is 238 g/mol. The fourth-order valence-electron chi connectivity index (χ4n) is 1.69. The van der Waals surface area contributed by atoms with Crippen molar-refractivity contribution in [3.63, 3.8) is 0 Å². The van der Waals surface area contributed by atoms with Crippen molar-refractivity contribution in [2.24, 2.45) is 0 Å². The molecule has 0 amide bonds. The van der Waals surface area contributed by atoms with Gasteiger partial charge in [0.1, 0.15) is 0 Å². The van der Waals surface area contributed by atoms with Crippen molar-refractivity contribution in [2.45, 2.75) is 26.3 Å². The van der Waals surface area contributed by atoms with Crippen molar-refractivity contribution in [2.75, 3.05) is 18.6 Å². The Bertz CT molecular complexity index is 328. The van der Waals surface area contributed by atoms with Crippen LogP contribution in [0.25, 0.3) is 0 Å². The third-order valence-electron chi connectivity index (χ3n) is 2.66. The van der Waals surface area contributed by atoms with Crippen LogP contribution in [-0.2, 0) is 0 Å². The van der Waals surface area contributed by atoms with Crippen molar-refractivity contribution in [1.82, 2.24) is 5.32 Å². The molecule has 0 saturated carbocycles. The highest BCUT2D eigenvalue weighted by Crippen LogP contribution is 2.24. The Morgan fingerprint density at radius 2 is 2.19 bits per heavy atom. The van der Waals surface area contributed by atoms with E-state index >= 15 is 0 Å². The van der Waals surface area contributed by atoms with E-state index in [0.29, 0.717) is 6.04 Å². The van der Waals surface area contributed by atoms with E-state index in [2.05, 4.69) is 36.7 Å². The van der Waals surface area contributed by atoms with E-state index in [1.807, 2.05) is 18.7 Å². The second-order valence-corrected chi connectivity index (χ2v) is 5.29. The second kappa shape index (κ2) is 7.21. The molecule has 0 heterocycles. The van der Waals surface area contributed by atoms with Gasteiger partial charge in [-0.25, -0.2) is 0 Å². The van der Waals surface area contributed by atoms with Gasteiger partial charge in [-0.3, -0.25) is 0 Å². The van der Waals surface area contributed by atoms with E-state index in [-0.39, 0.29) is 0 Å². The molecule has 1 aromatic carbocycles. The van der Waals surface area contributed by atoms with E-state index in [1.165, 1.54) is 11.3 Å². The minimum Gasteiger partial charge on any atom is -0.310 e. The van der Waals surface area contributed by atoms with Gasteiger partial charge in [-0.15, -0.1) is 0 Å². The maximum atomic E-state index is 6.16. The molecule has 3 heteroatoms. The Morgan fingerprint density at radius 1 is 1.44 bits per heavy atom. The van der Waals surface area contributed by atoms with E-state index in [9.17, 15) is 0 Å². The summed E-state index contributed by atoms with van der Waals surface area (Å²) in [6, 6.07) is 6.79. The van der Waals surface area contributed by atoms with Crippen LogP contribution >= 0.6 is 23.4 Å². The summed E-state index contributed by atoms with van der Waals surface area (Å²) in [4.78, 5) is 0. The van der Waals surface area contributed by atoms with Gasteiger partial charge in [0.25, 0.3) is 0 Å². The summed E-state index contributed by atoms with van der Waals surface area (Å²) in [7, 11) is 0.